The van der Waals surface area contributed by atoms with Crippen LogP contribution >= 0.6 is 22.6 Å². The second-order valence-corrected chi connectivity index (χ2v) is 7.09. The molecule has 0 amide bonds. The standard InChI is InChI=1S/C20H21IN2O2/c1-5-13-12(2)22-23-20(14-8-6-7-9-17(14)21)16-11-19(25-4)18(24-3)10-15(13)16/h6-11,13H,5H2,1-4H3. The van der Waals surface area contributed by atoms with Crippen molar-refractivity contribution < 1.29 is 9.47 Å². The molecule has 1 heterocycles. The quantitative estimate of drug-likeness (QED) is 0.616. The third kappa shape index (κ3) is 3.29. The maximum atomic E-state index is 5.53. The average Bonchev–Trinajstić information content (AvgIpc) is 2.76. The topological polar surface area (TPSA) is 43.2 Å². The van der Waals surface area contributed by atoms with Gasteiger partial charge in [-0.2, -0.15) is 5.10 Å². The first-order valence-corrected chi connectivity index (χ1v) is 9.31. The van der Waals surface area contributed by atoms with Gasteiger partial charge >= 0.3 is 0 Å². The van der Waals surface area contributed by atoms with Gasteiger partial charge in [0.25, 0.3) is 0 Å². The Morgan fingerprint density at radius 2 is 1.68 bits per heavy atom. The van der Waals surface area contributed by atoms with Crippen LogP contribution < -0.4 is 9.47 Å². The maximum absolute atomic E-state index is 5.53. The number of benzene rings is 2. The van der Waals surface area contributed by atoms with Gasteiger partial charge in [0.2, 0.25) is 0 Å². The molecule has 2 aromatic rings. The molecule has 1 aliphatic rings. The molecule has 4 nitrogen and oxygen atoms in total. The highest BCUT2D eigenvalue weighted by Gasteiger charge is 2.26. The van der Waals surface area contributed by atoms with Crippen LogP contribution in [-0.4, -0.2) is 25.6 Å². The summed E-state index contributed by atoms with van der Waals surface area (Å²) < 4.78 is 12.2. The summed E-state index contributed by atoms with van der Waals surface area (Å²) in [6, 6.07) is 12.3. The second kappa shape index (κ2) is 7.56. The fraction of sp³-hybridized carbons (Fsp3) is 0.300. The first kappa shape index (κ1) is 17.9. The molecule has 0 N–H and O–H groups in total. The van der Waals surface area contributed by atoms with Gasteiger partial charge in [-0.15, -0.1) is 5.10 Å². The molecule has 5 heteroatoms. The lowest BCUT2D eigenvalue weighted by atomic mass is 9.86. The predicted molar refractivity (Wildman–Crippen MR) is 110 cm³/mol. The zero-order chi connectivity index (χ0) is 18.0. The molecule has 130 valence electrons. The summed E-state index contributed by atoms with van der Waals surface area (Å²) in [7, 11) is 3.32. The van der Waals surface area contributed by atoms with Crippen molar-refractivity contribution >= 4 is 34.0 Å². The van der Waals surface area contributed by atoms with E-state index < -0.39 is 0 Å². The minimum absolute atomic E-state index is 0.206. The minimum Gasteiger partial charge on any atom is -0.493 e. The summed E-state index contributed by atoms with van der Waals surface area (Å²) in [6.45, 7) is 4.21. The Bertz CT molecular complexity index is 859. The van der Waals surface area contributed by atoms with E-state index >= 15 is 0 Å². The molecular weight excluding hydrogens is 427 g/mol. The monoisotopic (exact) mass is 448 g/mol. The molecule has 1 aliphatic heterocycles. The Balaban J connectivity index is 2.31. The van der Waals surface area contributed by atoms with Gasteiger partial charge in [-0.05, 0) is 59.7 Å². The number of hydrogen-bond acceptors (Lipinski definition) is 4. The summed E-state index contributed by atoms with van der Waals surface area (Å²) in [6.07, 6.45) is 0.951. The van der Waals surface area contributed by atoms with Crippen LogP contribution in [0, 0.1) is 3.57 Å². The van der Waals surface area contributed by atoms with Crippen molar-refractivity contribution in [1.29, 1.82) is 0 Å². The van der Waals surface area contributed by atoms with Gasteiger partial charge in [-0.25, -0.2) is 0 Å². The number of ether oxygens (including phenoxy) is 2. The maximum Gasteiger partial charge on any atom is 0.161 e. The number of nitrogens with zero attached hydrogens (tertiary/aromatic N) is 2. The Labute approximate surface area is 162 Å². The zero-order valence-corrected chi connectivity index (χ0v) is 17.0. The highest BCUT2D eigenvalue weighted by atomic mass is 127. The van der Waals surface area contributed by atoms with Crippen molar-refractivity contribution in [3.05, 3.63) is 56.7 Å². The lowest BCUT2D eigenvalue weighted by Crippen LogP contribution is -2.13. The molecule has 1 atom stereocenters. The molecule has 0 bridgehead atoms. The van der Waals surface area contributed by atoms with Crippen LogP contribution in [0.2, 0.25) is 0 Å². The molecule has 0 saturated heterocycles. The van der Waals surface area contributed by atoms with Gasteiger partial charge in [0, 0.05) is 26.3 Å². The third-order valence-electron chi connectivity index (χ3n) is 4.54. The third-order valence-corrected chi connectivity index (χ3v) is 5.48. The number of halogens is 1. The molecule has 0 aromatic heterocycles. The van der Waals surface area contributed by atoms with E-state index in [1.807, 2.05) is 25.1 Å². The second-order valence-electron chi connectivity index (χ2n) is 5.93. The van der Waals surface area contributed by atoms with Crippen LogP contribution in [0.1, 0.15) is 42.9 Å². The summed E-state index contributed by atoms with van der Waals surface area (Å²) >= 11 is 2.34. The van der Waals surface area contributed by atoms with Gasteiger partial charge < -0.3 is 9.47 Å². The molecule has 0 aliphatic carbocycles. The van der Waals surface area contributed by atoms with Crippen LogP contribution in [0.15, 0.2) is 46.6 Å². The van der Waals surface area contributed by atoms with E-state index in [9.17, 15) is 0 Å². The number of rotatable bonds is 4. The van der Waals surface area contributed by atoms with Crippen molar-refractivity contribution in [1.82, 2.24) is 0 Å². The smallest absolute Gasteiger partial charge is 0.161 e. The van der Waals surface area contributed by atoms with Crippen LogP contribution in [0.5, 0.6) is 11.5 Å². The first-order valence-electron chi connectivity index (χ1n) is 8.24. The molecular formula is C20H21IN2O2. The van der Waals surface area contributed by atoms with E-state index in [1.54, 1.807) is 14.2 Å². The first-order chi connectivity index (χ1) is 12.1. The van der Waals surface area contributed by atoms with Crippen molar-refractivity contribution in [3.8, 4) is 11.5 Å². The van der Waals surface area contributed by atoms with Gasteiger partial charge in [-0.3, -0.25) is 0 Å². The summed E-state index contributed by atoms with van der Waals surface area (Å²) in [5.74, 6) is 1.64. The Morgan fingerprint density at radius 3 is 2.32 bits per heavy atom. The van der Waals surface area contributed by atoms with Crippen LogP contribution in [0.3, 0.4) is 0 Å². The molecule has 0 radical (unpaired) electrons. The highest BCUT2D eigenvalue weighted by Crippen LogP contribution is 2.38. The van der Waals surface area contributed by atoms with Crippen molar-refractivity contribution in [2.24, 2.45) is 10.2 Å². The highest BCUT2D eigenvalue weighted by molar-refractivity contribution is 14.1. The minimum atomic E-state index is 0.206. The SMILES string of the molecule is CCC1C(C)=NN=C(c2ccccc2I)c2cc(OC)c(OC)cc21. The summed E-state index contributed by atoms with van der Waals surface area (Å²) in [5.41, 5.74) is 5.18. The largest absolute Gasteiger partial charge is 0.493 e. The van der Waals surface area contributed by atoms with Gasteiger partial charge in [-0.1, -0.05) is 25.1 Å². The van der Waals surface area contributed by atoms with E-state index in [0.29, 0.717) is 5.75 Å². The zero-order valence-electron chi connectivity index (χ0n) is 14.8. The Kier molecular flexibility index (Phi) is 5.42. The van der Waals surface area contributed by atoms with Gasteiger partial charge in [0.05, 0.1) is 14.2 Å². The van der Waals surface area contributed by atoms with Crippen molar-refractivity contribution in [2.75, 3.05) is 14.2 Å². The lowest BCUT2D eigenvalue weighted by Gasteiger charge is -2.20. The Morgan fingerprint density at radius 1 is 1.00 bits per heavy atom. The molecule has 2 aromatic carbocycles. The fourth-order valence-electron chi connectivity index (χ4n) is 3.23. The molecule has 3 rings (SSSR count). The van der Waals surface area contributed by atoms with E-state index in [4.69, 9.17) is 9.47 Å². The average molecular weight is 448 g/mol. The van der Waals surface area contributed by atoms with Crippen LogP contribution in [0.25, 0.3) is 0 Å². The van der Waals surface area contributed by atoms with Gasteiger partial charge in [0.15, 0.2) is 11.5 Å². The fourth-order valence-corrected chi connectivity index (χ4v) is 3.88. The molecule has 0 saturated carbocycles. The molecule has 0 fully saturated rings. The number of hydrogen-bond donors (Lipinski definition) is 0. The van der Waals surface area contributed by atoms with Crippen LogP contribution in [-0.2, 0) is 0 Å². The van der Waals surface area contributed by atoms with Crippen molar-refractivity contribution in [3.63, 3.8) is 0 Å². The lowest BCUT2D eigenvalue weighted by molar-refractivity contribution is 0.354. The van der Waals surface area contributed by atoms with Crippen LogP contribution in [0.4, 0.5) is 0 Å². The molecule has 25 heavy (non-hydrogen) atoms. The van der Waals surface area contributed by atoms with E-state index in [1.165, 1.54) is 5.56 Å². The summed E-state index contributed by atoms with van der Waals surface area (Å²) in [5, 5.41) is 9.13. The van der Waals surface area contributed by atoms with E-state index in [-0.39, 0.29) is 5.92 Å². The molecule has 1 unspecified atom stereocenters. The number of fused-ring (bicyclic) bond motifs is 1. The van der Waals surface area contributed by atoms with Crippen molar-refractivity contribution in [2.45, 2.75) is 26.2 Å². The van der Waals surface area contributed by atoms with E-state index in [0.717, 1.165) is 38.3 Å². The predicted octanol–water partition coefficient (Wildman–Crippen LogP) is 5.03. The normalized spacial score (nSPS) is 16.4. The Hall–Kier alpha value is -1.89. The van der Waals surface area contributed by atoms with Gasteiger partial charge in [0.1, 0.15) is 5.71 Å². The molecule has 0 spiro atoms. The van der Waals surface area contributed by atoms with E-state index in [2.05, 4.69) is 57.9 Å². The summed E-state index contributed by atoms with van der Waals surface area (Å²) in [4.78, 5) is 0. The number of methoxy groups -OCH3 is 2.